The van der Waals surface area contributed by atoms with Crippen LogP contribution in [0.2, 0.25) is 0 Å². The monoisotopic (exact) mass is 573 g/mol. The van der Waals surface area contributed by atoms with E-state index in [4.69, 9.17) is 4.98 Å². The molecule has 3 heterocycles. The summed E-state index contributed by atoms with van der Waals surface area (Å²) >= 11 is 0. The van der Waals surface area contributed by atoms with Gasteiger partial charge in [0, 0.05) is 29.5 Å². The van der Waals surface area contributed by atoms with Gasteiger partial charge < -0.3 is 20.4 Å². The average Bonchev–Trinajstić information content (AvgIpc) is 3.90. The molecule has 6 rings (SSSR count). The summed E-state index contributed by atoms with van der Waals surface area (Å²) in [6.45, 7) is 1.79. The minimum Gasteiger partial charge on any atom is -0.341 e. The van der Waals surface area contributed by atoms with Crippen molar-refractivity contribution in [2.24, 2.45) is 0 Å². The van der Waals surface area contributed by atoms with E-state index in [1.165, 1.54) is 17.3 Å². The highest BCUT2D eigenvalue weighted by molar-refractivity contribution is 6.13. The van der Waals surface area contributed by atoms with Crippen LogP contribution in [0.25, 0.3) is 10.9 Å². The second-order valence-corrected chi connectivity index (χ2v) is 10.9. The minimum absolute atomic E-state index is 0.118. The number of carbonyl (C=O) groups is 3. The van der Waals surface area contributed by atoms with Gasteiger partial charge in [-0.15, -0.1) is 0 Å². The zero-order valence-corrected chi connectivity index (χ0v) is 23.9. The Morgan fingerprint density at radius 1 is 1.09 bits per heavy atom. The highest BCUT2D eigenvalue weighted by Gasteiger charge is 2.39. The summed E-state index contributed by atoms with van der Waals surface area (Å²) in [6.07, 6.45) is 7.06. The normalized spacial score (nSPS) is 17.1. The molecule has 216 valence electrons. The molecule has 10 heteroatoms. The second kappa shape index (κ2) is 11.6. The molecule has 1 aliphatic carbocycles. The van der Waals surface area contributed by atoms with Gasteiger partial charge in [-0.05, 0) is 80.3 Å². The SMILES string of the molecule is CNC(C)C(=O)NC1CN(C(=O)c2ccncc2)c2cc(C#N)ccc2N(Cc2c(C3CC3)cnc3ccccc23)C1=O. The van der Waals surface area contributed by atoms with E-state index >= 15 is 0 Å². The number of pyridine rings is 2. The van der Waals surface area contributed by atoms with Crippen LogP contribution in [0.3, 0.4) is 0 Å². The summed E-state index contributed by atoms with van der Waals surface area (Å²) in [6, 6.07) is 16.6. The molecule has 0 saturated heterocycles. The summed E-state index contributed by atoms with van der Waals surface area (Å²) in [5.41, 5.74) is 4.52. The average molecular weight is 574 g/mol. The molecule has 2 aliphatic rings. The van der Waals surface area contributed by atoms with E-state index in [9.17, 15) is 19.6 Å². The lowest BCUT2D eigenvalue weighted by Gasteiger charge is -2.27. The summed E-state index contributed by atoms with van der Waals surface area (Å²) < 4.78 is 0. The van der Waals surface area contributed by atoms with Crippen molar-refractivity contribution in [1.29, 1.82) is 5.26 Å². The summed E-state index contributed by atoms with van der Waals surface area (Å²) in [7, 11) is 1.66. The number of hydrogen-bond acceptors (Lipinski definition) is 7. The maximum atomic E-state index is 14.5. The number of carbonyl (C=O) groups excluding carboxylic acids is 3. The van der Waals surface area contributed by atoms with Crippen LogP contribution in [0.15, 0.2) is 73.2 Å². The lowest BCUT2D eigenvalue weighted by Crippen LogP contribution is -2.55. The quantitative estimate of drug-likeness (QED) is 0.345. The minimum atomic E-state index is -1.05. The van der Waals surface area contributed by atoms with Gasteiger partial charge in [-0.3, -0.25) is 24.4 Å². The molecular weight excluding hydrogens is 542 g/mol. The highest BCUT2D eigenvalue weighted by Crippen LogP contribution is 2.44. The Hall–Kier alpha value is -5.14. The molecule has 10 nitrogen and oxygen atoms in total. The van der Waals surface area contributed by atoms with E-state index in [1.54, 1.807) is 49.2 Å². The van der Waals surface area contributed by atoms with Gasteiger partial charge in [-0.2, -0.15) is 5.26 Å². The third-order valence-corrected chi connectivity index (χ3v) is 8.18. The van der Waals surface area contributed by atoms with Crippen molar-refractivity contribution in [1.82, 2.24) is 20.6 Å². The van der Waals surface area contributed by atoms with E-state index in [0.717, 1.165) is 34.9 Å². The Bertz CT molecular complexity index is 1760. The summed E-state index contributed by atoms with van der Waals surface area (Å²) in [4.78, 5) is 53.4. The fourth-order valence-electron chi connectivity index (χ4n) is 5.54. The van der Waals surface area contributed by atoms with Gasteiger partial charge in [0.2, 0.25) is 5.91 Å². The van der Waals surface area contributed by atoms with E-state index in [2.05, 4.69) is 21.7 Å². The molecule has 1 fully saturated rings. The Morgan fingerprint density at radius 3 is 2.58 bits per heavy atom. The van der Waals surface area contributed by atoms with Crippen LogP contribution < -0.4 is 20.4 Å². The standard InChI is InChI=1S/C33H31N7O3/c1-20(35-2)31(41)38-28-19-40(32(42)23-11-13-36-14-12-23)30-15-21(16-34)7-10-29(30)39(33(28)43)18-26-24-5-3-4-6-27(24)37-17-25(26)22-8-9-22/h3-7,10-15,17,20,22,28,35H,8-9,18-19H2,1-2H3,(H,38,41). The molecule has 2 aromatic heterocycles. The van der Waals surface area contributed by atoms with Crippen molar-refractivity contribution >= 4 is 40.0 Å². The van der Waals surface area contributed by atoms with Crippen molar-refractivity contribution in [2.45, 2.75) is 44.3 Å². The molecule has 43 heavy (non-hydrogen) atoms. The van der Waals surface area contributed by atoms with Crippen molar-refractivity contribution in [3.8, 4) is 6.07 Å². The number of aromatic nitrogens is 2. The number of fused-ring (bicyclic) bond motifs is 2. The van der Waals surface area contributed by atoms with Crippen molar-refractivity contribution in [3.05, 3.63) is 95.4 Å². The van der Waals surface area contributed by atoms with Crippen molar-refractivity contribution < 1.29 is 14.4 Å². The van der Waals surface area contributed by atoms with Gasteiger partial charge in [0.25, 0.3) is 11.8 Å². The summed E-state index contributed by atoms with van der Waals surface area (Å²) in [5.74, 6) is -0.724. The van der Waals surface area contributed by atoms with Crippen molar-refractivity contribution in [2.75, 3.05) is 23.4 Å². The van der Waals surface area contributed by atoms with Gasteiger partial charge in [0.15, 0.2) is 0 Å². The Labute approximate surface area is 249 Å². The first-order valence-electron chi connectivity index (χ1n) is 14.3. The van der Waals surface area contributed by atoms with E-state index in [-0.39, 0.29) is 30.8 Å². The maximum absolute atomic E-state index is 14.5. The number of para-hydroxylation sites is 1. The lowest BCUT2D eigenvalue weighted by molar-refractivity contribution is -0.128. The number of anilines is 2. The van der Waals surface area contributed by atoms with Gasteiger partial charge in [0.05, 0.1) is 47.7 Å². The van der Waals surface area contributed by atoms with Crippen LogP contribution in [0.4, 0.5) is 11.4 Å². The van der Waals surface area contributed by atoms with E-state index in [1.807, 2.05) is 30.5 Å². The molecule has 2 aromatic carbocycles. The number of nitrogens with zero attached hydrogens (tertiary/aromatic N) is 5. The lowest BCUT2D eigenvalue weighted by atomic mass is 9.99. The third kappa shape index (κ3) is 5.43. The predicted octanol–water partition coefficient (Wildman–Crippen LogP) is 3.67. The molecule has 2 N–H and O–H groups in total. The first-order chi connectivity index (χ1) is 20.9. The van der Waals surface area contributed by atoms with Crippen LogP contribution in [0.1, 0.15) is 52.7 Å². The zero-order chi connectivity index (χ0) is 30.1. The number of hydrogen-bond donors (Lipinski definition) is 2. The largest absolute Gasteiger partial charge is 0.341 e. The smallest absolute Gasteiger partial charge is 0.258 e. The van der Waals surface area contributed by atoms with Gasteiger partial charge in [0.1, 0.15) is 6.04 Å². The van der Waals surface area contributed by atoms with Crippen molar-refractivity contribution in [3.63, 3.8) is 0 Å². The Balaban J connectivity index is 1.52. The number of nitriles is 1. The number of benzene rings is 2. The first-order valence-corrected chi connectivity index (χ1v) is 14.3. The van der Waals surface area contributed by atoms with Crippen LogP contribution in [-0.4, -0.2) is 53.4 Å². The third-order valence-electron chi connectivity index (χ3n) is 8.18. The molecule has 2 unspecified atom stereocenters. The van der Waals surface area contributed by atoms with Crippen LogP contribution in [-0.2, 0) is 16.1 Å². The Kier molecular flexibility index (Phi) is 7.57. The number of rotatable bonds is 7. The molecule has 0 bridgehead atoms. The number of amides is 3. The highest BCUT2D eigenvalue weighted by atomic mass is 16.2. The topological polar surface area (TPSA) is 131 Å². The van der Waals surface area contributed by atoms with E-state index in [0.29, 0.717) is 28.4 Å². The molecule has 2 atom stereocenters. The fraction of sp³-hybridized carbons (Fsp3) is 0.273. The predicted molar refractivity (Wildman–Crippen MR) is 162 cm³/mol. The maximum Gasteiger partial charge on any atom is 0.258 e. The Morgan fingerprint density at radius 2 is 1.86 bits per heavy atom. The molecule has 3 amide bonds. The van der Waals surface area contributed by atoms with Gasteiger partial charge in [-0.25, -0.2) is 0 Å². The number of nitrogens with one attached hydrogen (secondary N) is 2. The fourth-order valence-corrected chi connectivity index (χ4v) is 5.54. The second-order valence-electron chi connectivity index (χ2n) is 10.9. The molecule has 1 aliphatic heterocycles. The first kappa shape index (κ1) is 28.0. The molecule has 4 aromatic rings. The molecule has 1 saturated carbocycles. The van der Waals surface area contributed by atoms with Gasteiger partial charge >= 0.3 is 0 Å². The van der Waals surface area contributed by atoms with Gasteiger partial charge in [-0.1, -0.05) is 18.2 Å². The zero-order valence-electron chi connectivity index (χ0n) is 23.9. The molecular formula is C33H31N7O3. The number of likely N-dealkylation sites (N-methyl/N-ethyl adjacent to an activating group) is 1. The molecule has 0 spiro atoms. The van der Waals surface area contributed by atoms with Crippen LogP contribution in [0, 0.1) is 11.3 Å². The van der Waals surface area contributed by atoms with E-state index < -0.39 is 12.1 Å². The van der Waals surface area contributed by atoms with Crippen LogP contribution in [0.5, 0.6) is 0 Å². The van der Waals surface area contributed by atoms with Crippen LogP contribution >= 0.6 is 0 Å². The summed E-state index contributed by atoms with van der Waals surface area (Å²) in [5, 5.41) is 16.5. The molecule has 0 radical (unpaired) electrons.